The zero-order valence-corrected chi connectivity index (χ0v) is 15.2. The highest BCUT2D eigenvalue weighted by atomic mass is 32.2. The van der Waals surface area contributed by atoms with Gasteiger partial charge in [0.05, 0.1) is 10.9 Å². The number of carbonyl (C=O) groups excluding carboxylic acids is 1. The van der Waals surface area contributed by atoms with Gasteiger partial charge >= 0.3 is 0 Å². The third-order valence-electron chi connectivity index (χ3n) is 4.08. The summed E-state index contributed by atoms with van der Waals surface area (Å²) in [5.74, 6) is -1.31. The zero-order valence-electron chi connectivity index (χ0n) is 14.4. The van der Waals surface area contributed by atoms with E-state index in [1.807, 2.05) is 26.0 Å². The van der Waals surface area contributed by atoms with E-state index in [4.69, 9.17) is 0 Å². The minimum atomic E-state index is -3.87. The summed E-state index contributed by atoms with van der Waals surface area (Å²) in [5.41, 5.74) is 2.19. The fraction of sp³-hybridized carbons (Fsp3) is 0.316. The summed E-state index contributed by atoms with van der Waals surface area (Å²) in [5, 5.41) is 11.1. The number of carboxylic acids is 1. The lowest BCUT2D eigenvalue weighted by molar-refractivity contribution is -0.306. The van der Waals surface area contributed by atoms with Crippen LogP contribution in [0, 0.1) is 0 Å². The Labute approximate surface area is 148 Å². The number of aryl methyl sites for hydroxylation is 2. The van der Waals surface area contributed by atoms with Gasteiger partial charge in [-0.25, -0.2) is 13.1 Å². The Morgan fingerprint density at radius 3 is 2.32 bits per heavy atom. The Bertz CT molecular complexity index is 832. The molecule has 1 atom stereocenters. The lowest BCUT2D eigenvalue weighted by atomic mass is 10.1. The molecule has 0 aliphatic rings. The number of carbonyl (C=O) groups is 1. The average molecular weight is 360 g/mol. The number of benzene rings is 2. The van der Waals surface area contributed by atoms with E-state index in [-0.39, 0.29) is 4.90 Å². The van der Waals surface area contributed by atoms with Gasteiger partial charge in [-0.05, 0) is 35.6 Å². The smallest absolute Gasteiger partial charge is 0.241 e. The molecule has 0 aliphatic carbocycles. The van der Waals surface area contributed by atoms with Gasteiger partial charge in [-0.3, -0.25) is 0 Å². The molecule has 0 spiro atoms. The van der Waals surface area contributed by atoms with Gasteiger partial charge in [-0.15, -0.1) is 0 Å². The second kappa shape index (κ2) is 8.27. The van der Waals surface area contributed by atoms with Gasteiger partial charge in [0.1, 0.15) is 0 Å². The van der Waals surface area contributed by atoms with Crippen LogP contribution in [0.4, 0.5) is 0 Å². The SMILES string of the molecule is CCc1ccc(CC)c(S(=O)(=O)N[C@@H](CC(=O)[O-])c2ccccc2)c1. The first-order valence-corrected chi connectivity index (χ1v) is 9.74. The molecule has 0 amide bonds. The van der Waals surface area contributed by atoms with Crippen molar-refractivity contribution >= 4 is 16.0 Å². The van der Waals surface area contributed by atoms with E-state index in [2.05, 4.69) is 4.72 Å². The molecule has 5 nitrogen and oxygen atoms in total. The summed E-state index contributed by atoms with van der Waals surface area (Å²) < 4.78 is 28.4. The van der Waals surface area contributed by atoms with Crippen molar-refractivity contribution in [3.05, 3.63) is 65.2 Å². The minimum Gasteiger partial charge on any atom is -0.550 e. The van der Waals surface area contributed by atoms with E-state index >= 15 is 0 Å². The molecule has 2 aromatic rings. The monoisotopic (exact) mass is 360 g/mol. The highest BCUT2D eigenvalue weighted by Gasteiger charge is 2.24. The summed E-state index contributed by atoms with van der Waals surface area (Å²) >= 11 is 0. The molecule has 1 N–H and O–H groups in total. The van der Waals surface area contributed by atoms with E-state index in [0.717, 1.165) is 5.56 Å². The van der Waals surface area contributed by atoms with Gasteiger partial charge in [0.15, 0.2) is 0 Å². The molecule has 6 heteroatoms. The van der Waals surface area contributed by atoms with E-state index in [1.165, 1.54) is 0 Å². The summed E-state index contributed by atoms with van der Waals surface area (Å²) in [7, 11) is -3.87. The first kappa shape index (κ1) is 19.1. The Balaban J connectivity index is 2.42. The predicted octanol–water partition coefficient (Wildman–Crippen LogP) is 1.97. The van der Waals surface area contributed by atoms with Crippen LogP contribution in [-0.4, -0.2) is 14.4 Å². The molecular weight excluding hydrogens is 338 g/mol. The highest BCUT2D eigenvalue weighted by Crippen LogP contribution is 2.23. The number of hydrogen-bond donors (Lipinski definition) is 1. The van der Waals surface area contributed by atoms with E-state index in [9.17, 15) is 18.3 Å². The van der Waals surface area contributed by atoms with Crippen molar-refractivity contribution in [3.63, 3.8) is 0 Å². The van der Waals surface area contributed by atoms with Crippen LogP contribution in [0.5, 0.6) is 0 Å². The fourth-order valence-corrected chi connectivity index (χ4v) is 4.28. The number of carboxylic acid groups (broad SMARTS) is 1. The van der Waals surface area contributed by atoms with Gasteiger partial charge in [-0.2, -0.15) is 0 Å². The predicted molar refractivity (Wildman–Crippen MR) is 94.3 cm³/mol. The van der Waals surface area contributed by atoms with Crippen molar-refractivity contribution in [3.8, 4) is 0 Å². The normalized spacial score (nSPS) is 12.7. The molecule has 0 saturated heterocycles. The molecule has 134 valence electrons. The summed E-state index contributed by atoms with van der Waals surface area (Å²) in [6.45, 7) is 3.84. The van der Waals surface area contributed by atoms with Crippen LogP contribution in [0.15, 0.2) is 53.4 Å². The summed E-state index contributed by atoms with van der Waals surface area (Å²) in [4.78, 5) is 11.3. The third-order valence-corrected chi connectivity index (χ3v) is 5.63. The highest BCUT2D eigenvalue weighted by molar-refractivity contribution is 7.89. The lowest BCUT2D eigenvalue weighted by Gasteiger charge is -2.21. The first-order chi connectivity index (χ1) is 11.9. The van der Waals surface area contributed by atoms with Crippen molar-refractivity contribution < 1.29 is 18.3 Å². The third kappa shape index (κ3) is 4.90. The van der Waals surface area contributed by atoms with Gasteiger partial charge in [0, 0.05) is 12.4 Å². The topological polar surface area (TPSA) is 86.3 Å². The summed E-state index contributed by atoms with van der Waals surface area (Å²) in [6, 6.07) is 13.1. The van der Waals surface area contributed by atoms with Crippen LogP contribution in [-0.2, 0) is 27.7 Å². The molecule has 0 bridgehead atoms. The molecule has 2 aromatic carbocycles. The maximum Gasteiger partial charge on any atom is 0.241 e. The Morgan fingerprint density at radius 1 is 1.08 bits per heavy atom. The zero-order chi connectivity index (χ0) is 18.4. The average Bonchev–Trinajstić information content (AvgIpc) is 2.60. The molecule has 0 unspecified atom stereocenters. The van der Waals surface area contributed by atoms with Crippen LogP contribution >= 0.6 is 0 Å². The van der Waals surface area contributed by atoms with Crippen molar-refractivity contribution in [2.45, 2.75) is 44.0 Å². The van der Waals surface area contributed by atoms with Gasteiger partial charge < -0.3 is 9.90 Å². The van der Waals surface area contributed by atoms with Crippen LogP contribution in [0.25, 0.3) is 0 Å². The van der Waals surface area contributed by atoms with Gasteiger partial charge in [0.2, 0.25) is 10.0 Å². The number of nitrogens with one attached hydrogen (secondary N) is 1. The van der Waals surface area contributed by atoms with Crippen LogP contribution in [0.1, 0.15) is 43.0 Å². The molecule has 0 heterocycles. The second-order valence-electron chi connectivity index (χ2n) is 5.81. The van der Waals surface area contributed by atoms with Crippen LogP contribution in [0.2, 0.25) is 0 Å². The molecule has 0 aliphatic heterocycles. The number of hydrogen-bond acceptors (Lipinski definition) is 4. The largest absolute Gasteiger partial charge is 0.550 e. The number of aliphatic carboxylic acids is 1. The van der Waals surface area contributed by atoms with Crippen molar-refractivity contribution in [2.24, 2.45) is 0 Å². The fourth-order valence-electron chi connectivity index (χ4n) is 2.69. The molecule has 2 rings (SSSR count). The molecule has 0 fully saturated rings. The van der Waals surface area contributed by atoms with Crippen LogP contribution in [0.3, 0.4) is 0 Å². The van der Waals surface area contributed by atoms with E-state index in [0.29, 0.717) is 24.0 Å². The number of sulfonamides is 1. The second-order valence-corrected chi connectivity index (χ2v) is 7.49. The number of rotatable bonds is 8. The van der Waals surface area contributed by atoms with Crippen LogP contribution < -0.4 is 9.83 Å². The Hall–Kier alpha value is -2.18. The maximum atomic E-state index is 12.9. The Morgan fingerprint density at radius 2 is 1.76 bits per heavy atom. The molecule has 0 radical (unpaired) electrons. The molecule has 25 heavy (non-hydrogen) atoms. The first-order valence-electron chi connectivity index (χ1n) is 8.26. The quantitative estimate of drug-likeness (QED) is 0.780. The van der Waals surface area contributed by atoms with Crippen molar-refractivity contribution in [1.82, 2.24) is 4.72 Å². The maximum absolute atomic E-state index is 12.9. The van der Waals surface area contributed by atoms with Crippen molar-refractivity contribution in [2.75, 3.05) is 0 Å². The minimum absolute atomic E-state index is 0.202. The van der Waals surface area contributed by atoms with Gasteiger partial charge in [-0.1, -0.05) is 56.3 Å². The van der Waals surface area contributed by atoms with Crippen molar-refractivity contribution in [1.29, 1.82) is 0 Å². The standard InChI is InChI=1S/C19H23NO4S/c1-3-14-10-11-15(4-2)18(12-14)25(23,24)20-17(13-19(21)22)16-8-6-5-7-9-16/h5-12,17,20H,3-4,13H2,1-2H3,(H,21,22)/p-1/t17-/m0/s1. The molecule has 0 aromatic heterocycles. The Kier molecular flexibility index (Phi) is 6.33. The van der Waals surface area contributed by atoms with E-state index < -0.39 is 28.5 Å². The van der Waals surface area contributed by atoms with Gasteiger partial charge in [0.25, 0.3) is 0 Å². The van der Waals surface area contributed by atoms with E-state index in [1.54, 1.807) is 36.4 Å². The molecule has 0 saturated carbocycles. The molecular formula is C19H22NO4S-. The summed E-state index contributed by atoms with van der Waals surface area (Å²) in [6.07, 6.45) is 0.850. The lowest BCUT2D eigenvalue weighted by Crippen LogP contribution is -2.34.